The molecule has 0 amide bonds. The highest BCUT2D eigenvalue weighted by Gasteiger charge is 2.30. The maximum Gasteiger partial charge on any atom is 0.310 e. The fraction of sp³-hybridized carbons (Fsp3) is 0.538. The Bertz CT molecular complexity index is 506. The summed E-state index contributed by atoms with van der Waals surface area (Å²) >= 11 is 0. The lowest BCUT2D eigenvalue weighted by atomic mass is 9.94. The number of aromatic nitrogens is 1. The van der Waals surface area contributed by atoms with Gasteiger partial charge in [-0.3, -0.25) is 19.9 Å². The van der Waals surface area contributed by atoms with E-state index in [9.17, 15) is 20.0 Å². The van der Waals surface area contributed by atoms with Crippen LogP contribution < -0.4 is 5.32 Å². The molecule has 1 aromatic rings. The first-order valence-corrected chi connectivity index (χ1v) is 6.67. The van der Waals surface area contributed by atoms with Crippen molar-refractivity contribution < 1.29 is 14.8 Å². The number of aliphatic carboxylic acids is 1. The molecular formula is C13H17N3O4. The molecule has 1 saturated carbocycles. The Morgan fingerprint density at radius 1 is 1.40 bits per heavy atom. The normalized spacial score (nSPS) is 22.8. The SMILES string of the molecule is O=C(O)C1CCCCCC1Nc1ccncc1[N+](=O)[O-]. The summed E-state index contributed by atoms with van der Waals surface area (Å²) in [5.74, 6) is -1.36. The second kappa shape index (κ2) is 6.31. The van der Waals surface area contributed by atoms with Crippen molar-refractivity contribution in [3.8, 4) is 0 Å². The Hall–Kier alpha value is -2.18. The van der Waals surface area contributed by atoms with Crippen molar-refractivity contribution in [3.63, 3.8) is 0 Å². The first-order chi connectivity index (χ1) is 9.59. The van der Waals surface area contributed by atoms with Crippen molar-refractivity contribution >= 4 is 17.3 Å². The maximum atomic E-state index is 11.3. The van der Waals surface area contributed by atoms with Crippen LogP contribution in [-0.4, -0.2) is 27.0 Å². The number of nitrogens with one attached hydrogen (secondary N) is 1. The number of pyridine rings is 1. The lowest BCUT2D eigenvalue weighted by Gasteiger charge is -2.23. The standard InChI is InChI=1S/C13H17N3O4/c17-13(18)9-4-2-1-3-5-10(9)15-11-6-7-14-8-12(11)16(19)20/h6-10H,1-5H2,(H,14,15)(H,17,18). The van der Waals surface area contributed by atoms with Crippen molar-refractivity contribution in [2.24, 2.45) is 5.92 Å². The van der Waals surface area contributed by atoms with Crippen LogP contribution in [0.1, 0.15) is 32.1 Å². The van der Waals surface area contributed by atoms with E-state index in [1.807, 2.05) is 0 Å². The molecule has 2 N–H and O–H groups in total. The van der Waals surface area contributed by atoms with Crippen LogP contribution in [-0.2, 0) is 4.79 Å². The van der Waals surface area contributed by atoms with Gasteiger partial charge in [-0.2, -0.15) is 0 Å². The quantitative estimate of drug-likeness (QED) is 0.498. The average Bonchev–Trinajstić information content (AvgIpc) is 2.64. The predicted molar refractivity (Wildman–Crippen MR) is 72.5 cm³/mol. The lowest BCUT2D eigenvalue weighted by molar-refractivity contribution is -0.384. The second-order valence-corrected chi connectivity index (χ2v) is 4.98. The Morgan fingerprint density at radius 2 is 2.15 bits per heavy atom. The second-order valence-electron chi connectivity index (χ2n) is 4.98. The van der Waals surface area contributed by atoms with Crippen LogP contribution in [0.25, 0.3) is 0 Å². The summed E-state index contributed by atoms with van der Waals surface area (Å²) in [4.78, 5) is 25.5. The van der Waals surface area contributed by atoms with Crippen LogP contribution in [0.3, 0.4) is 0 Å². The van der Waals surface area contributed by atoms with Gasteiger partial charge in [-0.15, -0.1) is 0 Å². The molecule has 1 aliphatic carbocycles. The number of carbonyl (C=O) groups is 1. The van der Waals surface area contributed by atoms with E-state index >= 15 is 0 Å². The van der Waals surface area contributed by atoms with Gasteiger partial charge < -0.3 is 10.4 Å². The number of carboxylic acids is 1. The van der Waals surface area contributed by atoms with Crippen molar-refractivity contribution in [2.45, 2.75) is 38.1 Å². The number of hydrogen-bond acceptors (Lipinski definition) is 5. The molecule has 1 aliphatic rings. The van der Waals surface area contributed by atoms with Gasteiger partial charge in [-0.05, 0) is 18.9 Å². The van der Waals surface area contributed by atoms with Gasteiger partial charge in [0.1, 0.15) is 11.9 Å². The lowest BCUT2D eigenvalue weighted by Crippen LogP contribution is -2.33. The number of hydrogen-bond donors (Lipinski definition) is 2. The fourth-order valence-electron chi connectivity index (χ4n) is 2.63. The van der Waals surface area contributed by atoms with E-state index in [1.165, 1.54) is 18.5 Å². The van der Waals surface area contributed by atoms with Gasteiger partial charge in [0.15, 0.2) is 0 Å². The maximum absolute atomic E-state index is 11.3. The third kappa shape index (κ3) is 3.23. The number of anilines is 1. The van der Waals surface area contributed by atoms with Crippen LogP contribution in [0.2, 0.25) is 0 Å². The van der Waals surface area contributed by atoms with Crippen molar-refractivity contribution in [2.75, 3.05) is 5.32 Å². The van der Waals surface area contributed by atoms with Gasteiger partial charge in [0.2, 0.25) is 0 Å². The van der Waals surface area contributed by atoms with Gasteiger partial charge in [0.25, 0.3) is 0 Å². The smallest absolute Gasteiger partial charge is 0.310 e. The first-order valence-electron chi connectivity index (χ1n) is 6.67. The number of nitro groups is 1. The predicted octanol–water partition coefficient (Wildman–Crippen LogP) is 2.44. The number of carboxylic acid groups (broad SMARTS) is 1. The highest BCUT2D eigenvalue weighted by atomic mass is 16.6. The average molecular weight is 279 g/mol. The van der Waals surface area contributed by atoms with E-state index in [-0.39, 0.29) is 11.7 Å². The summed E-state index contributed by atoms with van der Waals surface area (Å²) < 4.78 is 0. The molecule has 0 spiro atoms. The Morgan fingerprint density at radius 3 is 2.85 bits per heavy atom. The molecule has 2 unspecified atom stereocenters. The van der Waals surface area contributed by atoms with Crippen molar-refractivity contribution in [3.05, 3.63) is 28.6 Å². The zero-order valence-electron chi connectivity index (χ0n) is 11.0. The topological polar surface area (TPSA) is 105 Å². The molecule has 7 nitrogen and oxygen atoms in total. The molecule has 1 aromatic heterocycles. The van der Waals surface area contributed by atoms with E-state index in [1.54, 1.807) is 0 Å². The molecule has 1 fully saturated rings. The highest BCUT2D eigenvalue weighted by Crippen LogP contribution is 2.30. The van der Waals surface area contributed by atoms with E-state index < -0.39 is 16.8 Å². The van der Waals surface area contributed by atoms with Gasteiger partial charge in [-0.25, -0.2) is 0 Å². The molecule has 2 rings (SSSR count). The Balaban J connectivity index is 2.22. The monoisotopic (exact) mass is 279 g/mol. The molecule has 20 heavy (non-hydrogen) atoms. The molecule has 0 aliphatic heterocycles. The van der Waals surface area contributed by atoms with Gasteiger partial charge >= 0.3 is 11.7 Å². The number of rotatable bonds is 4. The molecule has 108 valence electrons. The Labute approximate surface area is 116 Å². The largest absolute Gasteiger partial charge is 0.481 e. The third-order valence-corrected chi connectivity index (χ3v) is 3.67. The van der Waals surface area contributed by atoms with Gasteiger partial charge in [-0.1, -0.05) is 19.3 Å². The zero-order valence-corrected chi connectivity index (χ0v) is 11.0. The summed E-state index contributed by atoms with van der Waals surface area (Å²) in [7, 11) is 0. The minimum absolute atomic E-state index is 0.124. The molecular weight excluding hydrogens is 262 g/mol. The highest BCUT2D eigenvalue weighted by molar-refractivity contribution is 5.72. The summed E-state index contributed by atoms with van der Waals surface area (Å²) in [5, 5.41) is 23.3. The van der Waals surface area contributed by atoms with Crippen molar-refractivity contribution in [1.29, 1.82) is 0 Å². The van der Waals surface area contributed by atoms with Crippen LogP contribution in [0.4, 0.5) is 11.4 Å². The molecule has 0 aromatic carbocycles. The minimum atomic E-state index is -0.846. The summed E-state index contributed by atoms with van der Waals surface area (Å²) in [6.07, 6.45) is 6.76. The van der Waals surface area contributed by atoms with Crippen LogP contribution in [0.15, 0.2) is 18.5 Å². The molecule has 0 saturated heterocycles. The van der Waals surface area contributed by atoms with E-state index in [0.29, 0.717) is 18.5 Å². The van der Waals surface area contributed by atoms with Crippen molar-refractivity contribution in [1.82, 2.24) is 4.98 Å². The van der Waals surface area contributed by atoms with E-state index in [0.717, 1.165) is 19.3 Å². The molecule has 1 heterocycles. The molecule has 0 bridgehead atoms. The number of nitrogens with zero attached hydrogens (tertiary/aromatic N) is 2. The van der Waals surface area contributed by atoms with Gasteiger partial charge in [0.05, 0.1) is 10.8 Å². The van der Waals surface area contributed by atoms with Crippen LogP contribution >= 0.6 is 0 Å². The first kappa shape index (κ1) is 14.2. The minimum Gasteiger partial charge on any atom is -0.481 e. The molecule has 2 atom stereocenters. The van der Waals surface area contributed by atoms with Gasteiger partial charge in [0, 0.05) is 12.2 Å². The zero-order chi connectivity index (χ0) is 14.5. The van der Waals surface area contributed by atoms with Crippen LogP contribution in [0, 0.1) is 16.0 Å². The summed E-state index contributed by atoms with van der Waals surface area (Å²) in [5.41, 5.74) is 0.212. The van der Waals surface area contributed by atoms with E-state index in [4.69, 9.17) is 0 Å². The molecule has 7 heteroatoms. The third-order valence-electron chi connectivity index (χ3n) is 3.67. The summed E-state index contributed by atoms with van der Waals surface area (Å²) in [6.45, 7) is 0. The van der Waals surface area contributed by atoms with Crippen LogP contribution in [0.5, 0.6) is 0 Å². The fourth-order valence-corrected chi connectivity index (χ4v) is 2.63. The Kier molecular flexibility index (Phi) is 4.49. The van der Waals surface area contributed by atoms with E-state index in [2.05, 4.69) is 10.3 Å². The molecule has 0 radical (unpaired) electrons. The summed E-state index contributed by atoms with van der Waals surface area (Å²) in [6, 6.07) is 1.23.